The molecule has 7 heteroatoms. The molecule has 4 nitrogen and oxygen atoms in total. The van der Waals surface area contributed by atoms with Crippen LogP contribution >= 0.6 is 27.7 Å². The third-order valence-corrected chi connectivity index (χ3v) is 5.61. The number of carbonyl (C=O) groups is 1. The smallest absolute Gasteiger partial charge is 0.337 e. The van der Waals surface area contributed by atoms with Crippen molar-refractivity contribution in [2.75, 3.05) is 17.3 Å². The summed E-state index contributed by atoms with van der Waals surface area (Å²) >= 11 is 4.67. The standard InChI is InChI=1S/C11H13BrO4S2/c1-2-17-5-6-18(15,16)10-7-8(12)3-4-9(10)11(13)14/h3-4,7H,2,5-6H2,1H3,(H,13,14). The third-order valence-electron chi connectivity index (χ3n) is 2.21. The second-order valence-electron chi connectivity index (χ2n) is 3.46. The van der Waals surface area contributed by atoms with Gasteiger partial charge in [-0.15, -0.1) is 0 Å². The number of carboxylic acids is 1. The Hall–Kier alpha value is -0.530. The zero-order chi connectivity index (χ0) is 13.8. The SMILES string of the molecule is CCSCCS(=O)(=O)c1cc(Br)ccc1C(=O)O. The van der Waals surface area contributed by atoms with Crippen molar-refractivity contribution in [3.8, 4) is 0 Å². The summed E-state index contributed by atoms with van der Waals surface area (Å²) in [6, 6.07) is 4.16. The van der Waals surface area contributed by atoms with Crippen LogP contribution in [-0.4, -0.2) is 36.8 Å². The molecule has 1 rings (SSSR count). The number of hydrogen-bond acceptors (Lipinski definition) is 4. The first-order valence-corrected chi connectivity index (χ1v) is 8.82. The van der Waals surface area contributed by atoms with Gasteiger partial charge in [-0.1, -0.05) is 22.9 Å². The first-order chi connectivity index (χ1) is 8.38. The van der Waals surface area contributed by atoms with Crippen LogP contribution in [0.5, 0.6) is 0 Å². The van der Waals surface area contributed by atoms with Crippen molar-refractivity contribution >= 4 is 43.5 Å². The summed E-state index contributed by atoms with van der Waals surface area (Å²) in [6.07, 6.45) is 0. The van der Waals surface area contributed by atoms with Crippen molar-refractivity contribution in [1.29, 1.82) is 0 Å². The molecule has 0 radical (unpaired) electrons. The molecule has 0 aliphatic carbocycles. The van der Waals surface area contributed by atoms with Crippen molar-refractivity contribution in [3.63, 3.8) is 0 Å². The number of hydrogen-bond donors (Lipinski definition) is 1. The van der Waals surface area contributed by atoms with Crippen molar-refractivity contribution in [2.45, 2.75) is 11.8 Å². The van der Waals surface area contributed by atoms with Crippen LogP contribution in [0.15, 0.2) is 27.6 Å². The highest BCUT2D eigenvalue weighted by molar-refractivity contribution is 9.10. The number of rotatable bonds is 6. The highest BCUT2D eigenvalue weighted by atomic mass is 79.9. The van der Waals surface area contributed by atoms with E-state index in [-0.39, 0.29) is 16.2 Å². The van der Waals surface area contributed by atoms with Gasteiger partial charge in [-0.3, -0.25) is 0 Å². The average Bonchev–Trinajstić information content (AvgIpc) is 2.28. The van der Waals surface area contributed by atoms with Crippen LogP contribution in [0.2, 0.25) is 0 Å². The molecule has 0 unspecified atom stereocenters. The maximum Gasteiger partial charge on any atom is 0.337 e. The number of thioether (sulfide) groups is 1. The lowest BCUT2D eigenvalue weighted by atomic mass is 10.2. The first kappa shape index (κ1) is 15.5. The molecular weight excluding hydrogens is 340 g/mol. The fourth-order valence-corrected chi connectivity index (χ4v) is 4.52. The van der Waals surface area contributed by atoms with Gasteiger partial charge < -0.3 is 5.11 Å². The molecule has 0 saturated carbocycles. The molecule has 0 heterocycles. The highest BCUT2D eigenvalue weighted by Gasteiger charge is 2.22. The van der Waals surface area contributed by atoms with Crippen LogP contribution in [0, 0.1) is 0 Å². The summed E-state index contributed by atoms with van der Waals surface area (Å²) < 4.78 is 24.7. The van der Waals surface area contributed by atoms with Crippen molar-refractivity contribution in [3.05, 3.63) is 28.2 Å². The van der Waals surface area contributed by atoms with Crippen LogP contribution < -0.4 is 0 Å². The second-order valence-corrected chi connectivity index (χ2v) is 7.85. The molecule has 1 aromatic carbocycles. The summed E-state index contributed by atoms with van der Waals surface area (Å²) in [5, 5.41) is 9.01. The quantitative estimate of drug-likeness (QED) is 0.796. The van der Waals surface area contributed by atoms with E-state index in [1.807, 2.05) is 6.92 Å². The van der Waals surface area contributed by atoms with Crippen LogP contribution in [0.4, 0.5) is 0 Å². The van der Waals surface area contributed by atoms with Crippen molar-refractivity contribution < 1.29 is 18.3 Å². The highest BCUT2D eigenvalue weighted by Crippen LogP contribution is 2.23. The topological polar surface area (TPSA) is 71.4 Å². The predicted molar refractivity (Wildman–Crippen MR) is 76.2 cm³/mol. The van der Waals surface area contributed by atoms with E-state index in [9.17, 15) is 13.2 Å². The summed E-state index contributed by atoms with van der Waals surface area (Å²) in [7, 11) is -3.56. The van der Waals surface area contributed by atoms with Gasteiger partial charge in [-0.25, -0.2) is 13.2 Å². The average molecular weight is 353 g/mol. The lowest BCUT2D eigenvalue weighted by Crippen LogP contribution is -2.14. The number of carboxylic acid groups (broad SMARTS) is 1. The molecule has 0 atom stereocenters. The van der Waals surface area contributed by atoms with Crippen molar-refractivity contribution in [2.24, 2.45) is 0 Å². The lowest BCUT2D eigenvalue weighted by molar-refractivity contribution is 0.0692. The maximum absolute atomic E-state index is 12.1. The predicted octanol–water partition coefficient (Wildman–Crippen LogP) is 2.67. The van der Waals surface area contributed by atoms with E-state index in [4.69, 9.17) is 5.11 Å². The Balaban J connectivity index is 3.14. The lowest BCUT2D eigenvalue weighted by Gasteiger charge is -2.08. The Morgan fingerprint density at radius 2 is 2.11 bits per heavy atom. The largest absolute Gasteiger partial charge is 0.478 e. The molecule has 100 valence electrons. The minimum Gasteiger partial charge on any atom is -0.478 e. The third kappa shape index (κ3) is 4.00. The molecule has 0 fully saturated rings. The van der Waals surface area contributed by atoms with E-state index in [0.29, 0.717) is 10.2 Å². The maximum atomic E-state index is 12.1. The van der Waals surface area contributed by atoms with Gasteiger partial charge in [-0.2, -0.15) is 11.8 Å². The molecule has 18 heavy (non-hydrogen) atoms. The zero-order valence-corrected chi connectivity index (χ0v) is 12.9. The van der Waals surface area contributed by atoms with E-state index in [1.165, 1.54) is 30.0 Å². The van der Waals surface area contributed by atoms with Crippen LogP contribution in [0.25, 0.3) is 0 Å². The van der Waals surface area contributed by atoms with Gasteiger partial charge in [0.05, 0.1) is 16.2 Å². The fraction of sp³-hybridized carbons (Fsp3) is 0.364. The van der Waals surface area contributed by atoms with Crippen molar-refractivity contribution in [1.82, 2.24) is 0 Å². The molecular formula is C11H13BrO4S2. The Kier molecular flexibility index (Phi) is 5.68. The minimum absolute atomic E-state index is 0.0533. The van der Waals surface area contributed by atoms with Crippen LogP contribution in [0.3, 0.4) is 0 Å². The number of sulfone groups is 1. The molecule has 0 aliphatic rings. The van der Waals surface area contributed by atoms with E-state index in [1.54, 1.807) is 0 Å². The minimum atomic E-state index is -3.56. The fourth-order valence-electron chi connectivity index (χ4n) is 1.35. The molecule has 0 spiro atoms. The van der Waals surface area contributed by atoms with Gasteiger partial charge in [0.1, 0.15) is 0 Å². The van der Waals surface area contributed by atoms with Gasteiger partial charge in [0, 0.05) is 10.2 Å². The molecule has 1 N–H and O–H groups in total. The second kappa shape index (κ2) is 6.58. The number of halogens is 1. The Morgan fingerprint density at radius 3 is 2.67 bits per heavy atom. The Labute approximate surface area is 119 Å². The number of benzene rings is 1. The summed E-state index contributed by atoms with van der Waals surface area (Å²) in [6.45, 7) is 1.94. The van der Waals surface area contributed by atoms with E-state index < -0.39 is 15.8 Å². The normalized spacial score (nSPS) is 11.4. The molecule has 0 amide bonds. The molecule has 0 aliphatic heterocycles. The molecule has 0 bridgehead atoms. The zero-order valence-electron chi connectivity index (χ0n) is 9.72. The van der Waals surface area contributed by atoms with Gasteiger partial charge in [0.15, 0.2) is 9.84 Å². The van der Waals surface area contributed by atoms with Gasteiger partial charge >= 0.3 is 5.97 Å². The first-order valence-electron chi connectivity index (χ1n) is 5.22. The van der Waals surface area contributed by atoms with E-state index in [2.05, 4.69) is 15.9 Å². The summed E-state index contributed by atoms with van der Waals surface area (Å²) in [5.74, 6) is 0.0103. The molecule has 0 saturated heterocycles. The monoisotopic (exact) mass is 352 g/mol. The van der Waals surface area contributed by atoms with Gasteiger partial charge in [-0.05, 0) is 24.0 Å². The van der Waals surface area contributed by atoms with E-state index >= 15 is 0 Å². The molecule has 0 aromatic heterocycles. The van der Waals surface area contributed by atoms with Crippen LogP contribution in [-0.2, 0) is 9.84 Å². The Morgan fingerprint density at radius 1 is 1.44 bits per heavy atom. The summed E-state index contributed by atoms with van der Waals surface area (Å²) in [5.41, 5.74) is -0.181. The number of aromatic carboxylic acids is 1. The molecule has 1 aromatic rings. The van der Waals surface area contributed by atoms with Crippen LogP contribution in [0.1, 0.15) is 17.3 Å². The Bertz CT molecular complexity index is 540. The summed E-state index contributed by atoms with van der Waals surface area (Å²) in [4.78, 5) is 10.9. The van der Waals surface area contributed by atoms with Gasteiger partial charge in [0.2, 0.25) is 0 Å². The van der Waals surface area contributed by atoms with E-state index in [0.717, 1.165) is 5.75 Å². The van der Waals surface area contributed by atoms with Gasteiger partial charge in [0.25, 0.3) is 0 Å².